The molecule has 1 atom stereocenters. The van der Waals surface area contributed by atoms with Crippen molar-refractivity contribution < 1.29 is 0 Å². The molecule has 2 rings (SSSR count). The first-order chi connectivity index (χ1) is 7.40. The lowest BCUT2D eigenvalue weighted by atomic mass is 10.1. The number of hydrogen-bond acceptors (Lipinski definition) is 3. The second kappa shape index (κ2) is 5.54. The summed E-state index contributed by atoms with van der Waals surface area (Å²) in [6.07, 6.45) is 2.28. The van der Waals surface area contributed by atoms with Crippen molar-refractivity contribution in [3.05, 3.63) is 29.8 Å². The molecule has 3 N–H and O–H groups in total. The van der Waals surface area contributed by atoms with Crippen molar-refractivity contribution in [1.82, 2.24) is 5.32 Å². The normalized spacial score (nSPS) is 19.1. The summed E-state index contributed by atoms with van der Waals surface area (Å²) in [6, 6.07) is 8.71. The minimum atomic E-state index is 0.708. The van der Waals surface area contributed by atoms with Crippen LogP contribution in [0.5, 0.6) is 0 Å². The second-order valence-corrected chi connectivity index (χ2v) is 5.24. The fourth-order valence-electron chi connectivity index (χ4n) is 1.86. The summed E-state index contributed by atoms with van der Waals surface area (Å²) in [4.78, 5) is 1.46. The summed E-state index contributed by atoms with van der Waals surface area (Å²) in [7, 11) is 0. The van der Waals surface area contributed by atoms with Gasteiger partial charge in [0.1, 0.15) is 0 Å². The molecule has 0 saturated heterocycles. The van der Waals surface area contributed by atoms with Crippen LogP contribution >= 0.6 is 11.8 Å². The highest BCUT2D eigenvalue weighted by atomic mass is 32.2. The van der Waals surface area contributed by atoms with Crippen molar-refractivity contribution in [1.29, 1.82) is 0 Å². The highest BCUT2D eigenvalue weighted by Gasteiger charge is 2.20. The van der Waals surface area contributed by atoms with E-state index in [1.165, 1.54) is 16.9 Å². The van der Waals surface area contributed by atoms with Gasteiger partial charge in [-0.15, -0.1) is 11.8 Å². The lowest BCUT2D eigenvalue weighted by molar-refractivity contribution is 0.638. The lowest BCUT2D eigenvalue weighted by Gasteiger charge is -2.09. The second-order valence-electron chi connectivity index (χ2n) is 3.90. The van der Waals surface area contributed by atoms with Crippen LogP contribution in [0.1, 0.15) is 12.0 Å². The molecule has 0 spiro atoms. The third kappa shape index (κ3) is 2.97. The molecule has 0 radical (unpaired) electrons. The molecule has 1 unspecified atom stereocenters. The van der Waals surface area contributed by atoms with Crippen molar-refractivity contribution >= 4 is 11.8 Å². The fraction of sp³-hybridized carbons (Fsp3) is 0.500. The zero-order valence-corrected chi connectivity index (χ0v) is 9.72. The predicted molar refractivity (Wildman–Crippen MR) is 66.3 cm³/mol. The van der Waals surface area contributed by atoms with E-state index in [0.717, 1.165) is 26.1 Å². The molecule has 1 aromatic rings. The van der Waals surface area contributed by atoms with Crippen LogP contribution in [0.3, 0.4) is 0 Å². The van der Waals surface area contributed by atoms with Crippen LogP contribution in [0.25, 0.3) is 0 Å². The number of nitrogens with one attached hydrogen (secondary N) is 1. The molecule has 0 saturated carbocycles. The molecule has 15 heavy (non-hydrogen) atoms. The van der Waals surface area contributed by atoms with Crippen LogP contribution in [0.15, 0.2) is 29.2 Å². The van der Waals surface area contributed by atoms with E-state index in [2.05, 4.69) is 29.6 Å². The molecule has 82 valence electrons. The summed E-state index contributed by atoms with van der Waals surface area (Å²) in [6.45, 7) is 2.92. The number of benzene rings is 1. The van der Waals surface area contributed by atoms with Crippen LogP contribution in [0.4, 0.5) is 0 Å². The molecule has 3 heteroatoms. The van der Waals surface area contributed by atoms with Gasteiger partial charge in [0.15, 0.2) is 0 Å². The van der Waals surface area contributed by atoms with Crippen molar-refractivity contribution in [2.45, 2.75) is 23.0 Å². The Labute approximate surface area is 95.6 Å². The van der Waals surface area contributed by atoms with E-state index in [1.54, 1.807) is 0 Å². The average Bonchev–Trinajstić information content (AvgIpc) is 2.67. The molecule has 1 aliphatic rings. The molecule has 0 fully saturated rings. The number of thioether (sulfide) groups is 1. The number of hydrogen-bond donors (Lipinski definition) is 2. The van der Waals surface area contributed by atoms with E-state index < -0.39 is 0 Å². The van der Waals surface area contributed by atoms with E-state index in [4.69, 9.17) is 5.73 Å². The standard InChI is InChI=1S/C12H18N2S/c13-6-3-7-14-9-11-8-10-4-1-2-5-12(10)15-11/h1-2,4-5,11,14H,3,6-9,13H2. The molecular weight excluding hydrogens is 204 g/mol. The Hall–Kier alpha value is -0.510. The van der Waals surface area contributed by atoms with Crippen LogP contribution < -0.4 is 11.1 Å². The topological polar surface area (TPSA) is 38.0 Å². The highest BCUT2D eigenvalue weighted by Crippen LogP contribution is 2.36. The van der Waals surface area contributed by atoms with E-state index >= 15 is 0 Å². The van der Waals surface area contributed by atoms with Crippen molar-refractivity contribution in [2.75, 3.05) is 19.6 Å². The Balaban J connectivity index is 1.76. The van der Waals surface area contributed by atoms with Gasteiger partial charge in [0.25, 0.3) is 0 Å². The van der Waals surface area contributed by atoms with Gasteiger partial charge in [-0.2, -0.15) is 0 Å². The Kier molecular flexibility index (Phi) is 4.06. The number of nitrogens with two attached hydrogens (primary N) is 1. The molecule has 2 nitrogen and oxygen atoms in total. The van der Waals surface area contributed by atoms with Gasteiger partial charge in [-0.05, 0) is 37.6 Å². The first-order valence-corrected chi connectivity index (χ1v) is 6.43. The molecule has 1 heterocycles. The zero-order chi connectivity index (χ0) is 10.5. The Morgan fingerprint density at radius 1 is 1.40 bits per heavy atom. The van der Waals surface area contributed by atoms with Crippen molar-refractivity contribution in [3.8, 4) is 0 Å². The third-order valence-electron chi connectivity index (χ3n) is 2.64. The molecular formula is C12H18N2S. The molecule has 0 amide bonds. The number of fused-ring (bicyclic) bond motifs is 1. The maximum Gasteiger partial charge on any atom is 0.0260 e. The quantitative estimate of drug-likeness (QED) is 0.744. The monoisotopic (exact) mass is 222 g/mol. The summed E-state index contributed by atoms with van der Waals surface area (Å²) in [5, 5.41) is 4.17. The third-order valence-corrected chi connectivity index (χ3v) is 3.96. The van der Waals surface area contributed by atoms with Gasteiger partial charge in [0.05, 0.1) is 0 Å². The molecule has 0 aromatic heterocycles. The largest absolute Gasteiger partial charge is 0.330 e. The first-order valence-electron chi connectivity index (χ1n) is 5.55. The van der Waals surface area contributed by atoms with E-state index in [9.17, 15) is 0 Å². The highest BCUT2D eigenvalue weighted by molar-refractivity contribution is 8.00. The maximum atomic E-state index is 5.45. The van der Waals surface area contributed by atoms with Gasteiger partial charge < -0.3 is 11.1 Å². The molecule has 0 aliphatic carbocycles. The Morgan fingerprint density at radius 3 is 3.07 bits per heavy atom. The first kappa shape index (κ1) is 11.0. The maximum absolute atomic E-state index is 5.45. The summed E-state index contributed by atoms with van der Waals surface area (Å²) >= 11 is 2.00. The lowest BCUT2D eigenvalue weighted by Crippen LogP contribution is -2.26. The molecule has 0 bridgehead atoms. The summed E-state index contributed by atoms with van der Waals surface area (Å²) in [5.41, 5.74) is 6.95. The summed E-state index contributed by atoms with van der Waals surface area (Å²) < 4.78 is 0. The van der Waals surface area contributed by atoms with Crippen LogP contribution in [0.2, 0.25) is 0 Å². The van der Waals surface area contributed by atoms with Gasteiger partial charge in [0, 0.05) is 16.7 Å². The van der Waals surface area contributed by atoms with Crippen LogP contribution in [-0.4, -0.2) is 24.9 Å². The minimum Gasteiger partial charge on any atom is -0.330 e. The van der Waals surface area contributed by atoms with E-state index in [0.29, 0.717) is 5.25 Å². The van der Waals surface area contributed by atoms with Gasteiger partial charge in [-0.3, -0.25) is 0 Å². The van der Waals surface area contributed by atoms with Crippen molar-refractivity contribution in [3.63, 3.8) is 0 Å². The zero-order valence-electron chi connectivity index (χ0n) is 8.91. The molecule has 1 aliphatic heterocycles. The average molecular weight is 222 g/mol. The Bertz CT molecular complexity index is 289. The van der Waals surface area contributed by atoms with Crippen molar-refractivity contribution in [2.24, 2.45) is 5.73 Å². The SMILES string of the molecule is NCCCNCC1Cc2ccccc2S1. The van der Waals surface area contributed by atoms with E-state index in [-0.39, 0.29) is 0 Å². The smallest absolute Gasteiger partial charge is 0.0260 e. The van der Waals surface area contributed by atoms with Crippen LogP contribution in [0, 0.1) is 0 Å². The fourth-order valence-corrected chi connectivity index (χ4v) is 3.14. The number of rotatable bonds is 5. The van der Waals surface area contributed by atoms with Gasteiger partial charge >= 0.3 is 0 Å². The molecule has 1 aromatic carbocycles. The summed E-state index contributed by atoms with van der Waals surface area (Å²) in [5.74, 6) is 0. The van der Waals surface area contributed by atoms with Gasteiger partial charge in [-0.1, -0.05) is 18.2 Å². The van der Waals surface area contributed by atoms with Gasteiger partial charge in [-0.25, -0.2) is 0 Å². The predicted octanol–water partition coefficient (Wildman–Crippen LogP) is 1.64. The minimum absolute atomic E-state index is 0.708. The van der Waals surface area contributed by atoms with E-state index in [1.807, 2.05) is 11.8 Å². The Morgan fingerprint density at radius 2 is 2.27 bits per heavy atom. The van der Waals surface area contributed by atoms with Crippen LogP contribution in [-0.2, 0) is 6.42 Å². The van der Waals surface area contributed by atoms with Gasteiger partial charge in [0.2, 0.25) is 0 Å².